The van der Waals surface area contributed by atoms with Crippen molar-refractivity contribution in [2.45, 2.75) is 52.4 Å². The lowest BCUT2D eigenvalue weighted by Gasteiger charge is -2.28. The van der Waals surface area contributed by atoms with Crippen molar-refractivity contribution in [1.82, 2.24) is 4.90 Å². The maximum absolute atomic E-state index is 5.71. The second-order valence-electron chi connectivity index (χ2n) is 6.31. The highest BCUT2D eigenvalue weighted by atomic mass is 32.1. The lowest BCUT2D eigenvalue weighted by atomic mass is 9.82. The average molecular weight is 254 g/mol. The maximum Gasteiger partial charge on any atom is 0.0733 e. The van der Waals surface area contributed by atoms with E-state index in [-0.39, 0.29) is 0 Å². The molecule has 0 spiro atoms. The topological polar surface area (TPSA) is 29.3 Å². The van der Waals surface area contributed by atoms with Crippen LogP contribution in [0.1, 0.15) is 52.4 Å². The fraction of sp³-hybridized carbons (Fsp3) is 0.929. The molecule has 3 heteroatoms. The van der Waals surface area contributed by atoms with E-state index >= 15 is 0 Å². The Morgan fingerprint density at radius 1 is 1.18 bits per heavy atom. The second kappa shape index (κ2) is 4.85. The van der Waals surface area contributed by atoms with Gasteiger partial charge in [0, 0.05) is 19.5 Å². The van der Waals surface area contributed by atoms with Gasteiger partial charge in [-0.05, 0) is 49.5 Å². The smallest absolute Gasteiger partial charge is 0.0733 e. The van der Waals surface area contributed by atoms with Crippen LogP contribution < -0.4 is 5.73 Å². The average Bonchev–Trinajstić information content (AvgIpc) is 2.90. The molecule has 0 aromatic rings. The monoisotopic (exact) mass is 254 g/mol. The summed E-state index contributed by atoms with van der Waals surface area (Å²) in [6, 6.07) is 0. The summed E-state index contributed by atoms with van der Waals surface area (Å²) in [5, 5.41) is 0. The maximum atomic E-state index is 5.71. The molecular formula is C14H26N2S. The van der Waals surface area contributed by atoms with E-state index in [9.17, 15) is 0 Å². The molecule has 98 valence electrons. The minimum absolute atomic E-state index is 0.462. The summed E-state index contributed by atoms with van der Waals surface area (Å²) in [5.74, 6) is 0. The summed E-state index contributed by atoms with van der Waals surface area (Å²) >= 11 is 5.07. The van der Waals surface area contributed by atoms with Crippen molar-refractivity contribution in [2.24, 2.45) is 16.6 Å². The zero-order chi connectivity index (χ0) is 12.5. The Balaban J connectivity index is 1.88. The third-order valence-electron chi connectivity index (χ3n) is 5.08. The lowest BCUT2D eigenvalue weighted by molar-refractivity contribution is 0.213. The number of likely N-dealkylation sites (tertiary alicyclic amines) is 1. The molecule has 0 amide bonds. The Morgan fingerprint density at radius 2 is 1.82 bits per heavy atom. The molecule has 1 aliphatic carbocycles. The van der Waals surface area contributed by atoms with Gasteiger partial charge in [0.25, 0.3) is 0 Å². The molecule has 2 fully saturated rings. The van der Waals surface area contributed by atoms with Gasteiger partial charge in [0.15, 0.2) is 0 Å². The second-order valence-corrected chi connectivity index (χ2v) is 6.84. The number of hydrogen-bond donors (Lipinski definition) is 1. The van der Waals surface area contributed by atoms with Gasteiger partial charge in [0.2, 0.25) is 0 Å². The van der Waals surface area contributed by atoms with Gasteiger partial charge in [-0.15, -0.1) is 0 Å². The highest BCUT2D eigenvalue weighted by molar-refractivity contribution is 7.80. The number of nitrogens with two attached hydrogens (primary N) is 1. The van der Waals surface area contributed by atoms with Crippen molar-refractivity contribution in [3.8, 4) is 0 Å². The lowest BCUT2D eigenvalue weighted by Crippen LogP contribution is -2.33. The predicted octanol–water partition coefficient (Wildman–Crippen LogP) is 2.95. The zero-order valence-electron chi connectivity index (χ0n) is 11.3. The molecule has 2 N–H and O–H groups in total. The molecular weight excluding hydrogens is 228 g/mol. The Hall–Kier alpha value is -0.150. The molecule has 1 saturated heterocycles. The van der Waals surface area contributed by atoms with Crippen LogP contribution in [0.3, 0.4) is 0 Å². The molecule has 0 unspecified atom stereocenters. The zero-order valence-corrected chi connectivity index (χ0v) is 12.1. The van der Waals surface area contributed by atoms with Crippen LogP contribution in [-0.4, -0.2) is 29.5 Å². The molecule has 1 heterocycles. The van der Waals surface area contributed by atoms with E-state index in [2.05, 4.69) is 18.7 Å². The van der Waals surface area contributed by atoms with Crippen LogP contribution in [0.15, 0.2) is 0 Å². The van der Waals surface area contributed by atoms with E-state index in [1.165, 1.54) is 51.7 Å². The van der Waals surface area contributed by atoms with Gasteiger partial charge in [0.1, 0.15) is 0 Å². The minimum atomic E-state index is 0.462. The predicted molar refractivity (Wildman–Crippen MR) is 77.1 cm³/mol. The highest BCUT2D eigenvalue weighted by Crippen LogP contribution is 2.50. The Morgan fingerprint density at radius 3 is 2.24 bits per heavy atom. The van der Waals surface area contributed by atoms with Crippen LogP contribution in [0.25, 0.3) is 0 Å². The molecule has 2 nitrogen and oxygen atoms in total. The first-order valence-electron chi connectivity index (χ1n) is 7.04. The Bertz CT molecular complexity index is 293. The van der Waals surface area contributed by atoms with E-state index in [0.29, 0.717) is 15.8 Å². The summed E-state index contributed by atoms with van der Waals surface area (Å²) < 4.78 is 0. The van der Waals surface area contributed by atoms with Crippen LogP contribution in [0.4, 0.5) is 0 Å². The first-order chi connectivity index (χ1) is 8.03. The van der Waals surface area contributed by atoms with Gasteiger partial charge < -0.3 is 10.6 Å². The molecule has 0 bridgehead atoms. The number of hydrogen-bond acceptors (Lipinski definition) is 2. The molecule has 0 aromatic heterocycles. The van der Waals surface area contributed by atoms with Gasteiger partial charge in [-0.1, -0.05) is 26.1 Å². The summed E-state index contributed by atoms with van der Waals surface area (Å²) in [7, 11) is 0. The van der Waals surface area contributed by atoms with Crippen LogP contribution >= 0.6 is 12.2 Å². The molecule has 2 rings (SSSR count). The van der Waals surface area contributed by atoms with Gasteiger partial charge in [0.05, 0.1) is 4.99 Å². The van der Waals surface area contributed by atoms with Crippen LogP contribution in [0.2, 0.25) is 0 Å². The molecule has 0 aromatic carbocycles. The number of rotatable bonds is 6. The highest BCUT2D eigenvalue weighted by Gasteiger charge is 2.46. The van der Waals surface area contributed by atoms with Crippen molar-refractivity contribution in [3.05, 3.63) is 0 Å². The Kier molecular flexibility index (Phi) is 3.79. The largest absolute Gasteiger partial charge is 0.393 e. The van der Waals surface area contributed by atoms with Crippen molar-refractivity contribution in [2.75, 3.05) is 19.6 Å². The molecule has 0 atom stereocenters. The summed E-state index contributed by atoms with van der Waals surface area (Å²) in [5.41, 5.74) is 6.77. The van der Waals surface area contributed by atoms with E-state index in [1.54, 1.807) is 0 Å². The summed E-state index contributed by atoms with van der Waals surface area (Å²) in [6.07, 6.45) is 7.63. The first kappa shape index (κ1) is 13.3. The quantitative estimate of drug-likeness (QED) is 0.739. The standard InChI is InChI=1S/C14H26N2S/c1-3-13(4-2)7-8-16(10-13)11-14(5-6-14)9-12(15)17/h3-11H2,1-2H3,(H2,15,17). The van der Waals surface area contributed by atoms with E-state index < -0.39 is 0 Å². The van der Waals surface area contributed by atoms with Gasteiger partial charge >= 0.3 is 0 Å². The Labute approximate surface area is 111 Å². The number of nitrogens with zero attached hydrogens (tertiary/aromatic N) is 1. The molecule has 0 radical (unpaired) electrons. The SMILES string of the molecule is CCC1(CC)CCN(CC2(CC(N)=S)CC2)C1. The number of thiocarbonyl (C=S) groups is 1. The third-order valence-corrected chi connectivity index (χ3v) is 5.23. The van der Waals surface area contributed by atoms with Crippen LogP contribution in [-0.2, 0) is 0 Å². The molecule has 17 heavy (non-hydrogen) atoms. The van der Waals surface area contributed by atoms with E-state index in [1.807, 2.05) is 0 Å². The fourth-order valence-corrected chi connectivity index (χ4v) is 3.71. The van der Waals surface area contributed by atoms with Crippen molar-refractivity contribution < 1.29 is 0 Å². The van der Waals surface area contributed by atoms with E-state index in [0.717, 1.165) is 6.42 Å². The fourth-order valence-electron chi connectivity index (χ4n) is 3.40. The first-order valence-corrected chi connectivity index (χ1v) is 7.45. The van der Waals surface area contributed by atoms with Gasteiger partial charge in [-0.3, -0.25) is 0 Å². The van der Waals surface area contributed by atoms with Gasteiger partial charge in [-0.25, -0.2) is 0 Å². The molecule has 1 aliphatic heterocycles. The van der Waals surface area contributed by atoms with Gasteiger partial charge in [-0.2, -0.15) is 0 Å². The summed E-state index contributed by atoms with van der Waals surface area (Å²) in [4.78, 5) is 3.37. The summed E-state index contributed by atoms with van der Waals surface area (Å²) in [6.45, 7) is 8.48. The van der Waals surface area contributed by atoms with E-state index in [4.69, 9.17) is 18.0 Å². The molecule has 2 aliphatic rings. The molecule has 1 saturated carbocycles. The van der Waals surface area contributed by atoms with Crippen molar-refractivity contribution >= 4 is 17.2 Å². The van der Waals surface area contributed by atoms with Crippen molar-refractivity contribution in [3.63, 3.8) is 0 Å². The van der Waals surface area contributed by atoms with Crippen LogP contribution in [0, 0.1) is 10.8 Å². The van der Waals surface area contributed by atoms with Crippen LogP contribution in [0.5, 0.6) is 0 Å². The normalized spacial score (nSPS) is 26.0. The minimum Gasteiger partial charge on any atom is -0.393 e. The third kappa shape index (κ3) is 3.00. The van der Waals surface area contributed by atoms with Crippen molar-refractivity contribution in [1.29, 1.82) is 0 Å².